The fourth-order valence-electron chi connectivity index (χ4n) is 2.09. The van der Waals surface area contributed by atoms with Crippen molar-refractivity contribution >= 4 is 17.2 Å². The zero-order valence-corrected chi connectivity index (χ0v) is 11.7. The van der Waals surface area contributed by atoms with Crippen molar-refractivity contribution in [3.63, 3.8) is 0 Å². The van der Waals surface area contributed by atoms with Crippen molar-refractivity contribution in [2.75, 3.05) is 13.7 Å². The van der Waals surface area contributed by atoms with E-state index in [0.717, 1.165) is 19.4 Å². The smallest absolute Gasteiger partial charge is 0.237 e. The van der Waals surface area contributed by atoms with Crippen LogP contribution in [0.25, 0.3) is 0 Å². The minimum absolute atomic E-state index is 0.0704. The van der Waals surface area contributed by atoms with E-state index >= 15 is 0 Å². The Kier molecular flexibility index (Phi) is 4.74. The van der Waals surface area contributed by atoms with E-state index in [0.29, 0.717) is 6.54 Å². The zero-order chi connectivity index (χ0) is 13.0. The quantitative estimate of drug-likeness (QED) is 0.846. The van der Waals surface area contributed by atoms with Crippen molar-refractivity contribution in [1.29, 1.82) is 0 Å². The number of aryl methyl sites for hydroxylation is 1. The predicted molar refractivity (Wildman–Crippen MR) is 72.7 cm³/mol. The number of carbonyl (C=O) groups excluding carboxylic acids is 1. The maximum absolute atomic E-state index is 11.9. The van der Waals surface area contributed by atoms with Crippen LogP contribution in [0, 0.1) is 0 Å². The summed E-state index contributed by atoms with van der Waals surface area (Å²) in [6.45, 7) is 3.52. The standard InChI is InChI=1S/C13H20N2O2S/c1-3-10-4-5-11(18-10)8-15-13(16)12-6-9(17-2)7-14-12/h4-5,9,12,14H,3,6-8H2,1-2H3,(H,15,16). The Balaban J connectivity index is 1.78. The van der Waals surface area contributed by atoms with Gasteiger partial charge in [0.05, 0.1) is 18.7 Å². The lowest BCUT2D eigenvalue weighted by atomic mass is 10.2. The minimum atomic E-state index is -0.111. The van der Waals surface area contributed by atoms with E-state index < -0.39 is 0 Å². The first-order valence-corrected chi connectivity index (χ1v) is 7.16. The third kappa shape index (κ3) is 3.31. The topological polar surface area (TPSA) is 50.4 Å². The number of thiophene rings is 1. The molecule has 0 aliphatic carbocycles. The summed E-state index contributed by atoms with van der Waals surface area (Å²) in [6.07, 6.45) is 1.97. The molecule has 1 aromatic heterocycles. The second-order valence-electron chi connectivity index (χ2n) is 4.49. The molecule has 5 heteroatoms. The Labute approximate surface area is 112 Å². The van der Waals surface area contributed by atoms with Crippen LogP contribution in [0.1, 0.15) is 23.1 Å². The van der Waals surface area contributed by atoms with E-state index in [9.17, 15) is 4.79 Å². The molecule has 0 saturated carbocycles. The fourth-order valence-corrected chi connectivity index (χ4v) is 2.98. The largest absolute Gasteiger partial charge is 0.380 e. The molecule has 4 nitrogen and oxygen atoms in total. The Hall–Kier alpha value is -0.910. The molecule has 2 rings (SSSR count). The number of hydrogen-bond acceptors (Lipinski definition) is 4. The van der Waals surface area contributed by atoms with Crippen LogP contribution in [-0.2, 0) is 22.5 Å². The minimum Gasteiger partial charge on any atom is -0.380 e. The third-order valence-corrected chi connectivity index (χ3v) is 4.47. The lowest BCUT2D eigenvalue weighted by Crippen LogP contribution is -2.39. The summed E-state index contributed by atoms with van der Waals surface area (Å²) in [6, 6.07) is 4.10. The molecule has 0 spiro atoms. The zero-order valence-electron chi connectivity index (χ0n) is 10.9. The molecular formula is C13H20N2O2S. The molecule has 1 amide bonds. The van der Waals surface area contributed by atoms with Gasteiger partial charge in [0.2, 0.25) is 5.91 Å². The van der Waals surface area contributed by atoms with Crippen molar-refractivity contribution in [2.45, 2.75) is 38.5 Å². The summed E-state index contributed by atoms with van der Waals surface area (Å²) in [7, 11) is 1.69. The Morgan fingerprint density at radius 3 is 2.94 bits per heavy atom. The molecule has 0 bridgehead atoms. The van der Waals surface area contributed by atoms with E-state index in [4.69, 9.17) is 4.74 Å². The summed E-state index contributed by atoms with van der Waals surface area (Å²) < 4.78 is 5.23. The van der Waals surface area contributed by atoms with Gasteiger partial charge in [0.15, 0.2) is 0 Å². The molecule has 18 heavy (non-hydrogen) atoms. The van der Waals surface area contributed by atoms with Gasteiger partial charge in [0.1, 0.15) is 0 Å². The summed E-state index contributed by atoms with van der Waals surface area (Å²) >= 11 is 1.76. The highest BCUT2D eigenvalue weighted by Crippen LogP contribution is 2.17. The fraction of sp³-hybridized carbons (Fsp3) is 0.615. The highest BCUT2D eigenvalue weighted by Gasteiger charge is 2.28. The number of amides is 1. The number of nitrogens with one attached hydrogen (secondary N) is 2. The van der Waals surface area contributed by atoms with E-state index in [1.807, 2.05) is 0 Å². The lowest BCUT2D eigenvalue weighted by Gasteiger charge is -2.10. The molecule has 1 saturated heterocycles. The van der Waals surface area contributed by atoms with Gasteiger partial charge in [-0.15, -0.1) is 11.3 Å². The van der Waals surface area contributed by atoms with Crippen molar-refractivity contribution in [2.24, 2.45) is 0 Å². The van der Waals surface area contributed by atoms with Crippen LogP contribution in [0.2, 0.25) is 0 Å². The Morgan fingerprint density at radius 1 is 1.56 bits per heavy atom. The van der Waals surface area contributed by atoms with Gasteiger partial charge in [0, 0.05) is 23.4 Å². The average Bonchev–Trinajstić information content (AvgIpc) is 3.04. The monoisotopic (exact) mass is 268 g/mol. The van der Waals surface area contributed by atoms with Crippen LogP contribution in [0.15, 0.2) is 12.1 Å². The van der Waals surface area contributed by atoms with E-state index in [1.165, 1.54) is 9.75 Å². The van der Waals surface area contributed by atoms with Crippen LogP contribution < -0.4 is 10.6 Å². The number of methoxy groups -OCH3 is 1. The molecule has 0 aromatic carbocycles. The van der Waals surface area contributed by atoms with Gasteiger partial charge in [-0.2, -0.15) is 0 Å². The lowest BCUT2D eigenvalue weighted by molar-refractivity contribution is -0.123. The molecule has 1 fully saturated rings. The molecule has 2 unspecified atom stereocenters. The van der Waals surface area contributed by atoms with Crippen LogP contribution in [-0.4, -0.2) is 31.7 Å². The van der Waals surface area contributed by atoms with E-state index in [-0.39, 0.29) is 18.1 Å². The van der Waals surface area contributed by atoms with Crippen molar-refractivity contribution in [3.8, 4) is 0 Å². The second kappa shape index (κ2) is 6.31. The maximum atomic E-state index is 11.9. The first-order valence-electron chi connectivity index (χ1n) is 6.34. The predicted octanol–water partition coefficient (Wildman–Crippen LogP) is 1.30. The van der Waals surface area contributed by atoms with Crippen LogP contribution >= 0.6 is 11.3 Å². The number of hydrogen-bond donors (Lipinski definition) is 2. The molecule has 2 N–H and O–H groups in total. The van der Waals surface area contributed by atoms with Gasteiger partial charge in [-0.25, -0.2) is 0 Å². The van der Waals surface area contributed by atoms with E-state index in [1.54, 1.807) is 18.4 Å². The molecule has 1 aliphatic heterocycles. The maximum Gasteiger partial charge on any atom is 0.237 e. The van der Waals surface area contributed by atoms with Crippen molar-refractivity contribution in [1.82, 2.24) is 10.6 Å². The molecule has 2 heterocycles. The first kappa shape index (κ1) is 13.5. The summed E-state index contributed by atoms with van der Waals surface area (Å²) in [5.74, 6) is 0.0704. The first-order chi connectivity index (χ1) is 8.72. The Morgan fingerprint density at radius 2 is 2.33 bits per heavy atom. The second-order valence-corrected chi connectivity index (χ2v) is 5.75. The third-order valence-electron chi connectivity index (χ3n) is 3.24. The molecule has 1 aliphatic rings. The van der Waals surface area contributed by atoms with Crippen LogP contribution in [0.3, 0.4) is 0 Å². The molecule has 0 radical (unpaired) electrons. The summed E-state index contributed by atoms with van der Waals surface area (Å²) in [5, 5.41) is 6.15. The van der Waals surface area contributed by atoms with Gasteiger partial charge in [-0.05, 0) is 25.0 Å². The van der Waals surface area contributed by atoms with Gasteiger partial charge >= 0.3 is 0 Å². The normalized spacial score (nSPS) is 23.2. The average molecular weight is 268 g/mol. The molecule has 1 aromatic rings. The van der Waals surface area contributed by atoms with Gasteiger partial charge in [-0.3, -0.25) is 4.79 Å². The van der Waals surface area contributed by atoms with Gasteiger partial charge in [0.25, 0.3) is 0 Å². The Bertz CT molecular complexity index is 405. The summed E-state index contributed by atoms with van der Waals surface area (Å²) in [5.41, 5.74) is 0. The van der Waals surface area contributed by atoms with E-state index in [2.05, 4.69) is 29.7 Å². The van der Waals surface area contributed by atoms with Crippen LogP contribution in [0.5, 0.6) is 0 Å². The van der Waals surface area contributed by atoms with Gasteiger partial charge in [-0.1, -0.05) is 6.92 Å². The molecule has 2 atom stereocenters. The van der Waals surface area contributed by atoms with Crippen LogP contribution in [0.4, 0.5) is 0 Å². The SMILES string of the molecule is CCc1ccc(CNC(=O)C2CC(OC)CN2)s1. The number of ether oxygens (including phenoxy) is 1. The van der Waals surface area contributed by atoms with Crippen molar-refractivity contribution in [3.05, 3.63) is 21.9 Å². The number of rotatable bonds is 5. The highest BCUT2D eigenvalue weighted by molar-refractivity contribution is 7.11. The van der Waals surface area contributed by atoms with Crippen molar-refractivity contribution < 1.29 is 9.53 Å². The summed E-state index contributed by atoms with van der Waals surface area (Å²) in [4.78, 5) is 14.5. The highest BCUT2D eigenvalue weighted by atomic mass is 32.1. The molecular weight excluding hydrogens is 248 g/mol. The van der Waals surface area contributed by atoms with Gasteiger partial charge < -0.3 is 15.4 Å². The number of carbonyl (C=O) groups is 1. The molecule has 100 valence electrons.